The van der Waals surface area contributed by atoms with Crippen LogP contribution in [-0.2, 0) is 11.3 Å². The Morgan fingerprint density at radius 1 is 1.17 bits per heavy atom. The third-order valence-corrected chi connectivity index (χ3v) is 4.77. The molecule has 0 fully saturated rings. The van der Waals surface area contributed by atoms with Crippen LogP contribution in [-0.4, -0.2) is 56.8 Å². The van der Waals surface area contributed by atoms with Gasteiger partial charge in [0.15, 0.2) is 17.6 Å². The lowest BCUT2D eigenvalue weighted by Gasteiger charge is -2.30. The van der Waals surface area contributed by atoms with E-state index in [1.807, 2.05) is 62.4 Å². The van der Waals surface area contributed by atoms with Gasteiger partial charge in [0.1, 0.15) is 13.2 Å². The number of tetrazole rings is 1. The molecule has 29 heavy (non-hydrogen) atoms. The number of rotatable bonds is 6. The highest BCUT2D eigenvalue weighted by molar-refractivity contribution is 5.75. The standard InChI is InChI=1S/C21H23N5O3/c1-3-25(12-17-14-28-18-6-4-5-7-19(18)29-17)20(27)13-26-23-21(22-24-26)16-10-8-15(2)9-11-16/h4-11,17H,3,12-14H2,1-2H3/t17-/m0/s1. The number of para-hydroxylation sites is 2. The average Bonchev–Trinajstić information content (AvgIpc) is 3.20. The second-order valence-corrected chi connectivity index (χ2v) is 6.94. The Morgan fingerprint density at radius 3 is 2.69 bits per heavy atom. The minimum absolute atomic E-state index is 0.0247. The molecule has 1 aromatic heterocycles. The molecule has 0 radical (unpaired) electrons. The number of likely N-dealkylation sites (N-methyl/N-ethyl adjacent to an activating group) is 1. The summed E-state index contributed by atoms with van der Waals surface area (Å²) in [7, 11) is 0. The van der Waals surface area contributed by atoms with Crippen LogP contribution in [0.5, 0.6) is 11.5 Å². The van der Waals surface area contributed by atoms with Crippen molar-refractivity contribution in [3.8, 4) is 22.9 Å². The molecule has 2 aromatic carbocycles. The minimum Gasteiger partial charge on any atom is -0.486 e. The number of hydrogen-bond donors (Lipinski definition) is 0. The molecule has 4 rings (SSSR count). The van der Waals surface area contributed by atoms with Crippen LogP contribution in [0, 0.1) is 6.92 Å². The van der Waals surface area contributed by atoms with E-state index in [4.69, 9.17) is 9.47 Å². The van der Waals surface area contributed by atoms with Crippen LogP contribution in [0.2, 0.25) is 0 Å². The Morgan fingerprint density at radius 2 is 1.93 bits per heavy atom. The van der Waals surface area contributed by atoms with Crippen LogP contribution >= 0.6 is 0 Å². The second kappa shape index (κ2) is 8.30. The van der Waals surface area contributed by atoms with E-state index in [2.05, 4.69) is 15.4 Å². The van der Waals surface area contributed by atoms with E-state index in [0.29, 0.717) is 31.3 Å². The number of amides is 1. The first-order valence-electron chi connectivity index (χ1n) is 9.63. The SMILES string of the molecule is CCN(C[C@H]1COc2ccccc2O1)C(=O)Cn1nnc(-c2ccc(C)cc2)n1. The minimum atomic E-state index is -0.222. The highest BCUT2D eigenvalue weighted by Gasteiger charge is 2.25. The number of nitrogens with zero attached hydrogens (tertiary/aromatic N) is 5. The summed E-state index contributed by atoms with van der Waals surface area (Å²) in [6.45, 7) is 5.37. The van der Waals surface area contributed by atoms with Crippen LogP contribution < -0.4 is 9.47 Å². The highest BCUT2D eigenvalue weighted by atomic mass is 16.6. The summed E-state index contributed by atoms with van der Waals surface area (Å²) in [6.07, 6.45) is -0.222. The Kier molecular flexibility index (Phi) is 5.41. The summed E-state index contributed by atoms with van der Waals surface area (Å²) in [6, 6.07) is 15.4. The number of ether oxygens (including phenoxy) is 2. The van der Waals surface area contributed by atoms with Gasteiger partial charge in [-0.2, -0.15) is 4.80 Å². The van der Waals surface area contributed by atoms with Gasteiger partial charge < -0.3 is 14.4 Å². The van der Waals surface area contributed by atoms with E-state index in [9.17, 15) is 4.79 Å². The lowest BCUT2D eigenvalue weighted by molar-refractivity contribution is -0.133. The lowest BCUT2D eigenvalue weighted by atomic mass is 10.1. The fourth-order valence-corrected chi connectivity index (χ4v) is 3.16. The summed E-state index contributed by atoms with van der Waals surface area (Å²) in [5, 5.41) is 12.4. The molecule has 0 unspecified atom stereocenters. The average molecular weight is 393 g/mol. The summed E-state index contributed by atoms with van der Waals surface area (Å²) in [5.74, 6) is 1.84. The van der Waals surface area contributed by atoms with Gasteiger partial charge in [-0.15, -0.1) is 10.2 Å². The molecule has 0 aliphatic carbocycles. The van der Waals surface area contributed by atoms with Gasteiger partial charge in [0, 0.05) is 12.1 Å². The molecule has 0 saturated heterocycles. The molecule has 8 nitrogen and oxygen atoms in total. The number of carbonyl (C=O) groups excluding carboxylic acids is 1. The predicted octanol–water partition coefficient (Wildman–Crippen LogP) is 2.34. The third kappa shape index (κ3) is 4.37. The van der Waals surface area contributed by atoms with Crippen LogP contribution in [0.1, 0.15) is 12.5 Å². The predicted molar refractivity (Wildman–Crippen MR) is 107 cm³/mol. The van der Waals surface area contributed by atoms with Gasteiger partial charge in [-0.1, -0.05) is 42.0 Å². The molecule has 2 heterocycles. The first-order valence-corrected chi connectivity index (χ1v) is 9.63. The third-order valence-electron chi connectivity index (χ3n) is 4.77. The van der Waals surface area contributed by atoms with Gasteiger partial charge in [0.05, 0.1) is 6.54 Å². The normalized spacial score (nSPS) is 15.2. The summed E-state index contributed by atoms with van der Waals surface area (Å²) >= 11 is 0. The number of aryl methyl sites for hydroxylation is 1. The summed E-state index contributed by atoms with van der Waals surface area (Å²) in [4.78, 5) is 15.8. The topological polar surface area (TPSA) is 82.4 Å². The van der Waals surface area contributed by atoms with Gasteiger partial charge in [-0.3, -0.25) is 4.79 Å². The Hall–Kier alpha value is -3.42. The van der Waals surface area contributed by atoms with Crippen molar-refractivity contribution in [3.05, 3.63) is 54.1 Å². The molecule has 1 aliphatic heterocycles. The molecule has 3 aromatic rings. The van der Waals surface area contributed by atoms with Gasteiger partial charge in [0.2, 0.25) is 11.7 Å². The maximum Gasteiger partial charge on any atom is 0.246 e. The van der Waals surface area contributed by atoms with Crippen LogP contribution in [0.3, 0.4) is 0 Å². The van der Waals surface area contributed by atoms with Crippen molar-refractivity contribution in [1.29, 1.82) is 0 Å². The maximum absolute atomic E-state index is 12.8. The fraction of sp³-hybridized carbons (Fsp3) is 0.333. The molecular weight excluding hydrogens is 370 g/mol. The van der Waals surface area contributed by atoms with E-state index in [1.165, 1.54) is 4.80 Å². The zero-order valence-electron chi connectivity index (χ0n) is 16.5. The van der Waals surface area contributed by atoms with Crippen molar-refractivity contribution in [2.24, 2.45) is 0 Å². The second-order valence-electron chi connectivity index (χ2n) is 6.94. The van der Waals surface area contributed by atoms with Gasteiger partial charge in [-0.05, 0) is 31.2 Å². The summed E-state index contributed by atoms with van der Waals surface area (Å²) < 4.78 is 11.7. The maximum atomic E-state index is 12.8. The fourth-order valence-electron chi connectivity index (χ4n) is 3.16. The van der Waals surface area contributed by atoms with Crippen LogP contribution in [0.15, 0.2) is 48.5 Å². The number of aromatic nitrogens is 4. The molecule has 0 saturated carbocycles. The van der Waals surface area contributed by atoms with Crippen molar-refractivity contribution in [3.63, 3.8) is 0 Å². The molecule has 1 aliphatic rings. The van der Waals surface area contributed by atoms with Gasteiger partial charge in [-0.25, -0.2) is 0 Å². The molecular formula is C21H23N5O3. The van der Waals surface area contributed by atoms with E-state index in [1.54, 1.807) is 4.90 Å². The largest absolute Gasteiger partial charge is 0.486 e. The molecule has 1 atom stereocenters. The molecule has 150 valence electrons. The monoisotopic (exact) mass is 393 g/mol. The first-order chi connectivity index (χ1) is 14.1. The Labute approximate surface area is 169 Å². The summed E-state index contributed by atoms with van der Waals surface area (Å²) in [5.41, 5.74) is 2.03. The van der Waals surface area contributed by atoms with Crippen molar-refractivity contribution < 1.29 is 14.3 Å². The molecule has 0 bridgehead atoms. The number of fused-ring (bicyclic) bond motifs is 1. The van der Waals surface area contributed by atoms with Crippen LogP contribution in [0.25, 0.3) is 11.4 Å². The number of benzene rings is 2. The van der Waals surface area contributed by atoms with Crippen LogP contribution in [0.4, 0.5) is 0 Å². The van der Waals surface area contributed by atoms with Crippen molar-refractivity contribution >= 4 is 5.91 Å². The molecule has 8 heteroatoms. The van der Waals surface area contributed by atoms with E-state index in [-0.39, 0.29) is 18.6 Å². The quantitative estimate of drug-likeness (QED) is 0.639. The van der Waals surface area contributed by atoms with Crippen molar-refractivity contribution in [2.45, 2.75) is 26.5 Å². The number of hydrogen-bond acceptors (Lipinski definition) is 6. The van der Waals surface area contributed by atoms with E-state index < -0.39 is 0 Å². The van der Waals surface area contributed by atoms with Crippen molar-refractivity contribution in [2.75, 3.05) is 19.7 Å². The molecule has 0 spiro atoms. The molecule has 1 amide bonds. The number of carbonyl (C=O) groups is 1. The Bertz CT molecular complexity index is 986. The van der Waals surface area contributed by atoms with E-state index in [0.717, 1.165) is 16.9 Å². The zero-order chi connectivity index (χ0) is 20.2. The first kappa shape index (κ1) is 18.9. The van der Waals surface area contributed by atoms with E-state index >= 15 is 0 Å². The van der Waals surface area contributed by atoms with Gasteiger partial charge >= 0.3 is 0 Å². The Balaban J connectivity index is 1.38. The lowest BCUT2D eigenvalue weighted by Crippen LogP contribution is -2.44. The van der Waals surface area contributed by atoms with Crippen molar-refractivity contribution in [1.82, 2.24) is 25.1 Å². The van der Waals surface area contributed by atoms with Gasteiger partial charge in [0.25, 0.3) is 0 Å². The zero-order valence-corrected chi connectivity index (χ0v) is 16.5. The highest BCUT2D eigenvalue weighted by Crippen LogP contribution is 2.31. The molecule has 0 N–H and O–H groups in total. The smallest absolute Gasteiger partial charge is 0.246 e.